The number of rotatable bonds is 7. The number of benzene rings is 3. The standard InChI is InChI=1S/C29H27N3O3/c33-27(30-17-21-9-3-1-4-10-21)20-35-29(34)28-23-13-7-8-14-25(23)31-26-15-16-32(19-24(26)28)18-22-11-5-2-6-12-22/h1-14H,15-20H2,(H,30,33). The highest BCUT2D eigenvalue weighted by molar-refractivity contribution is 6.05. The highest BCUT2D eigenvalue weighted by Crippen LogP contribution is 2.29. The number of nitrogens with one attached hydrogen (secondary N) is 1. The van der Waals surface area contributed by atoms with E-state index >= 15 is 0 Å². The van der Waals surface area contributed by atoms with E-state index < -0.39 is 5.97 Å². The first kappa shape index (κ1) is 22.7. The molecule has 6 nitrogen and oxygen atoms in total. The van der Waals surface area contributed by atoms with Crippen molar-refractivity contribution in [2.45, 2.75) is 26.1 Å². The molecule has 176 valence electrons. The molecule has 1 aliphatic rings. The minimum absolute atomic E-state index is 0.329. The summed E-state index contributed by atoms with van der Waals surface area (Å²) in [5, 5.41) is 3.56. The highest BCUT2D eigenvalue weighted by Gasteiger charge is 2.27. The van der Waals surface area contributed by atoms with Gasteiger partial charge in [0.25, 0.3) is 5.91 Å². The van der Waals surface area contributed by atoms with Crippen molar-refractivity contribution in [3.8, 4) is 0 Å². The van der Waals surface area contributed by atoms with E-state index in [9.17, 15) is 9.59 Å². The molecule has 0 spiro atoms. The Morgan fingerprint density at radius 2 is 1.57 bits per heavy atom. The average molecular weight is 466 g/mol. The number of ether oxygens (including phenoxy) is 1. The molecule has 0 unspecified atom stereocenters. The number of hydrogen-bond donors (Lipinski definition) is 1. The summed E-state index contributed by atoms with van der Waals surface area (Å²) < 4.78 is 5.51. The molecule has 0 saturated heterocycles. The van der Waals surface area contributed by atoms with Crippen molar-refractivity contribution < 1.29 is 14.3 Å². The van der Waals surface area contributed by atoms with Crippen LogP contribution in [0.3, 0.4) is 0 Å². The van der Waals surface area contributed by atoms with Crippen molar-refractivity contribution in [2.75, 3.05) is 13.2 Å². The third-order valence-electron chi connectivity index (χ3n) is 6.25. The summed E-state index contributed by atoms with van der Waals surface area (Å²) in [4.78, 5) is 32.8. The maximum absolute atomic E-state index is 13.3. The summed E-state index contributed by atoms with van der Waals surface area (Å²) in [7, 11) is 0. The normalized spacial score (nSPS) is 13.3. The Morgan fingerprint density at radius 3 is 2.34 bits per heavy atom. The molecule has 6 heteroatoms. The molecule has 1 aromatic heterocycles. The SMILES string of the molecule is O=C(COC(=O)c1c2c(nc3ccccc13)CCN(Cc1ccccc1)C2)NCc1ccccc1. The molecule has 2 heterocycles. The zero-order valence-corrected chi connectivity index (χ0v) is 19.4. The van der Waals surface area contributed by atoms with E-state index in [0.717, 1.165) is 47.2 Å². The van der Waals surface area contributed by atoms with Gasteiger partial charge in [-0.3, -0.25) is 14.7 Å². The van der Waals surface area contributed by atoms with Crippen molar-refractivity contribution >= 4 is 22.8 Å². The summed E-state index contributed by atoms with van der Waals surface area (Å²) in [6.45, 7) is 2.32. The van der Waals surface area contributed by atoms with Gasteiger partial charge in [0, 0.05) is 49.2 Å². The fourth-order valence-corrected chi connectivity index (χ4v) is 4.51. The van der Waals surface area contributed by atoms with Crippen molar-refractivity contribution in [1.82, 2.24) is 15.2 Å². The Labute approximate surface area is 204 Å². The van der Waals surface area contributed by atoms with Crippen LogP contribution >= 0.6 is 0 Å². The van der Waals surface area contributed by atoms with Gasteiger partial charge in [0.1, 0.15) is 0 Å². The molecule has 0 atom stereocenters. The average Bonchev–Trinajstić information content (AvgIpc) is 2.90. The van der Waals surface area contributed by atoms with Crippen LogP contribution in [0.15, 0.2) is 84.9 Å². The van der Waals surface area contributed by atoms with Crippen LogP contribution in [0.2, 0.25) is 0 Å². The number of carbonyl (C=O) groups is 2. The largest absolute Gasteiger partial charge is 0.452 e. The predicted octanol–water partition coefficient (Wildman–Crippen LogP) is 4.27. The Morgan fingerprint density at radius 1 is 0.886 bits per heavy atom. The third kappa shape index (κ3) is 5.39. The molecule has 0 fully saturated rings. The van der Waals surface area contributed by atoms with E-state index in [0.29, 0.717) is 18.7 Å². The quantitative estimate of drug-likeness (QED) is 0.413. The molecular formula is C29H27N3O3. The van der Waals surface area contributed by atoms with E-state index in [2.05, 4.69) is 22.3 Å². The molecule has 0 radical (unpaired) electrons. The van der Waals surface area contributed by atoms with Gasteiger partial charge in [0.05, 0.1) is 11.1 Å². The number of hydrogen-bond acceptors (Lipinski definition) is 5. The molecule has 4 aromatic rings. The number of carbonyl (C=O) groups excluding carboxylic acids is 2. The van der Waals surface area contributed by atoms with Crippen molar-refractivity contribution in [1.29, 1.82) is 0 Å². The van der Waals surface area contributed by atoms with Gasteiger partial charge in [-0.15, -0.1) is 0 Å². The summed E-state index contributed by atoms with van der Waals surface area (Å²) in [6, 6.07) is 27.5. The number of para-hydroxylation sites is 1. The van der Waals surface area contributed by atoms with Gasteiger partial charge in [-0.05, 0) is 17.2 Å². The number of fused-ring (bicyclic) bond motifs is 2. The van der Waals surface area contributed by atoms with E-state index in [4.69, 9.17) is 9.72 Å². The van der Waals surface area contributed by atoms with E-state index in [-0.39, 0.29) is 12.5 Å². The van der Waals surface area contributed by atoms with E-state index in [1.807, 2.05) is 72.8 Å². The number of nitrogens with zero attached hydrogens (tertiary/aromatic N) is 2. The maximum atomic E-state index is 13.3. The zero-order chi connectivity index (χ0) is 24.0. The molecule has 1 amide bonds. The van der Waals surface area contributed by atoms with Gasteiger partial charge in [0.15, 0.2) is 6.61 Å². The van der Waals surface area contributed by atoms with Crippen LogP contribution in [-0.4, -0.2) is 34.9 Å². The van der Waals surface area contributed by atoms with Crippen molar-refractivity contribution in [3.63, 3.8) is 0 Å². The Bertz CT molecular complexity index is 1340. The summed E-state index contributed by atoms with van der Waals surface area (Å²) >= 11 is 0. The summed E-state index contributed by atoms with van der Waals surface area (Å²) in [5.74, 6) is -0.823. The summed E-state index contributed by atoms with van der Waals surface area (Å²) in [6.07, 6.45) is 0.755. The monoisotopic (exact) mass is 465 g/mol. The topological polar surface area (TPSA) is 71.5 Å². The van der Waals surface area contributed by atoms with Gasteiger partial charge < -0.3 is 10.1 Å². The minimum Gasteiger partial charge on any atom is -0.452 e. The van der Waals surface area contributed by atoms with Gasteiger partial charge in [-0.25, -0.2) is 4.79 Å². The second kappa shape index (κ2) is 10.5. The lowest BCUT2D eigenvalue weighted by atomic mass is 9.95. The van der Waals surface area contributed by atoms with Gasteiger partial charge in [0.2, 0.25) is 0 Å². The van der Waals surface area contributed by atoms with Crippen molar-refractivity contribution in [2.24, 2.45) is 0 Å². The smallest absolute Gasteiger partial charge is 0.339 e. The second-order valence-electron chi connectivity index (χ2n) is 8.71. The van der Waals surface area contributed by atoms with Crippen LogP contribution in [0.25, 0.3) is 10.9 Å². The minimum atomic E-state index is -0.490. The molecule has 35 heavy (non-hydrogen) atoms. The van der Waals surface area contributed by atoms with Gasteiger partial charge in [-0.1, -0.05) is 78.9 Å². The van der Waals surface area contributed by atoms with Crippen LogP contribution in [0, 0.1) is 0 Å². The van der Waals surface area contributed by atoms with Gasteiger partial charge in [-0.2, -0.15) is 0 Å². The summed E-state index contributed by atoms with van der Waals surface area (Å²) in [5.41, 5.74) is 5.31. The Hall–Kier alpha value is -4.03. The van der Waals surface area contributed by atoms with E-state index in [1.165, 1.54) is 5.56 Å². The number of esters is 1. The molecule has 1 N–H and O–H groups in total. The Balaban J connectivity index is 1.34. The van der Waals surface area contributed by atoms with Gasteiger partial charge >= 0.3 is 5.97 Å². The molecule has 5 rings (SSSR count). The zero-order valence-electron chi connectivity index (χ0n) is 19.4. The van der Waals surface area contributed by atoms with Crippen LogP contribution in [0.4, 0.5) is 0 Å². The van der Waals surface area contributed by atoms with Crippen LogP contribution in [0.1, 0.15) is 32.7 Å². The predicted molar refractivity (Wildman–Crippen MR) is 135 cm³/mol. The highest BCUT2D eigenvalue weighted by atomic mass is 16.5. The second-order valence-corrected chi connectivity index (χ2v) is 8.71. The van der Waals surface area contributed by atoms with Crippen molar-refractivity contribution in [3.05, 3.63) is 113 Å². The number of aromatic nitrogens is 1. The number of pyridine rings is 1. The lowest BCUT2D eigenvalue weighted by Gasteiger charge is -2.30. The fourth-order valence-electron chi connectivity index (χ4n) is 4.51. The molecule has 0 saturated carbocycles. The maximum Gasteiger partial charge on any atom is 0.339 e. The molecule has 1 aliphatic heterocycles. The van der Waals surface area contributed by atoms with E-state index in [1.54, 1.807) is 0 Å². The van der Waals surface area contributed by atoms with Crippen LogP contribution in [0.5, 0.6) is 0 Å². The van der Waals surface area contributed by atoms with Crippen LogP contribution in [-0.2, 0) is 35.6 Å². The molecule has 0 aliphatic carbocycles. The third-order valence-corrected chi connectivity index (χ3v) is 6.25. The Kier molecular flexibility index (Phi) is 6.82. The fraction of sp³-hybridized carbons (Fsp3) is 0.207. The first-order chi connectivity index (χ1) is 17.2. The molecule has 3 aromatic carbocycles. The lowest BCUT2D eigenvalue weighted by molar-refractivity contribution is -0.124. The molecular weight excluding hydrogens is 438 g/mol. The lowest BCUT2D eigenvalue weighted by Crippen LogP contribution is -2.33. The first-order valence-electron chi connectivity index (χ1n) is 11.8. The first-order valence-corrected chi connectivity index (χ1v) is 11.8. The number of amides is 1. The molecule has 0 bridgehead atoms. The van der Waals surface area contributed by atoms with Crippen LogP contribution < -0.4 is 5.32 Å².